The van der Waals surface area contributed by atoms with Crippen LogP contribution in [0.15, 0.2) is 49.6 Å². The molecule has 0 heteroatoms. The molecule has 0 aliphatic rings. The molecule has 0 unspecified atom stereocenters. The highest BCUT2D eigenvalue weighted by atomic mass is 14.1. The van der Waals surface area contributed by atoms with Crippen molar-refractivity contribution in [3.63, 3.8) is 0 Å². The molecule has 0 bridgehead atoms. The van der Waals surface area contributed by atoms with E-state index >= 15 is 0 Å². The van der Waals surface area contributed by atoms with Gasteiger partial charge in [-0.2, -0.15) is 0 Å². The lowest BCUT2D eigenvalue weighted by Crippen LogP contribution is -1.92. The van der Waals surface area contributed by atoms with Crippen LogP contribution in [0.5, 0.6) is 0 Å². The van der Waals surface area contributed by atoms with Gasteiger partial charge in [-0.25, -0.2) is 0 Å². The summed E-state index contributed by atoms with van der Waals surface area (Å²) in [6, 6.07) is 12.7. The first kappa shape index (κ1) is 12.4. The predicted molar refractivity (Wildman–Crippen MR) is 81.5 cm³/mol. The fourth-order valence-electron chi connectivity index (χ4n) is 2.35. The number of rotatable bonds is 3. The van der Waals surface area contributed by atoms with Gasteiger partial charge in [-0.05, 0) is 47.2 Å². The molecule has 18 heavy (non-hydrogen) atoms. The summed E-state index contributed by atoms with van der Waals surface area (Å²) < 4.78 is 0. The Labute approximate surface area is 109 Å². The van der Waals surface area contributed by atoms with Crippen LogP contribution in [0.1, 0.15) is 22.3 Å². The zero-order valence-corrected chi connectivity index (χ0v) is 11.0. The first-order chi connectivity index (χ1) is 8.69. The molecule has 90 valence electrons. The summed E-state index contributed by atoms with van der Waals surface area (Å²) in [7, 11) is 0. The van der Waals surface area contributed by atoms with Crippen LogP contribution in [0, 0.1) is 13.8 Å². The van der Waals surface area contributed by atoms with Crippen molar-refractivity contribution in [2.45, 2.75) is 13.8 Å². The quantitative estimate of drug-likeness (QED) is 0.679. The molecule has 0 aliphatic heterocycles. The van der Waals surface area contributed by atoms with Crippen molar-refractivity contribution in [1.82, 2.24) is 0 Å². The van der Waals surface area contributed by atoms with E-state index in [1.165, 1.54) is 33.4 Å². The van der Waals surface area contributed by atoms with Gasteiger partial charge in [0.25, 0.3) is 0 Å². The molecule has 0 nitrogen and oxygen atoms in total. The molecule has 0 N–H and O–H groups in total. The summed E-state index contributed by atoms with van der Waals surface area (Å²) in [5.41, 5.74) is 7.33. The van der Waals surface area contributed by atoms with Gasteiger partial charge in [0.05, 0.1) is 0 Å². The second kappa shape index (κ2) is 5.05. The maximum absolute atomic E-state index is 3.95. The Morgan fingerprint density at radius 2 is 1.39 bits per heavy atom. The summed E-state index contributed by atoms with van der Waals surface area (Å²) in [4.78, 5) is 0. The second-order valence-corrected chi connectivity index (χ2v) is 4.48. The van der Waals surface area contributed by atoms with E-state index in [9.17, 15) is 0 Å². The molecule has 0 atom stereocenters. The maximum Gasteiger partial charge on any atom is -0.0103 e. The molecule has 0 saturated heterocycles. The average Bonchev–Trinajstić information content (AvgIpc) is 2.39. The van der Waals surface area contributed by atoms with Crippen LogP contribution in [-0.4, -0.2) is 0 Å². The van der Waals surface area contributed by atoms with E-state index in [1.807, 2.05) is 12.2 Å². The third kappa shape index (κ3) is 2.02. The summed E-state index contributed by atoms with van der Waals surface area (Å²) in [5.74, 6) is 0. The standard InChI is InChI=1S/C18H18/c1-5-15-14(4)11-12-18(16(15)6-2)17-10-8-7-9-13(17)3/h5-12H,1-2H2,3-4H3. The Hall–Kier alpha value is -2.08. The van der Waals surface area contributed by atoms with Gasteiger partial charge in [0, 0.05) is 0 Å². The fourth-order valence-corrected chi connectivity index (χ4v) is 2.35. The molecule has 0 saturated carbocycles. The van der Waals surface area contributed by atoms with Gasteiger partial charge in [-0.1, -0.05) is 61.7 Å². The molecule has 2 aromatic carbocycles. The first-order valence-corrected chi connectivity index (χ1v) is 6.13. The predicted octanol–water partition coefficient (Wildman–Crippen LogP) is 5.26. The lowest BCUT2D eigenvalue weighted by Gasteiger charge is -2.14. The third-order valence-electron chi connectivity index (χ3n) is 3.35. The second-order valence-electron chi connectivity index (χ2n) is 4.48. The Morgan fingerprint density at radius 1 is 0.722 bits per heavy atom. The smallest absolute Gasteiger partial charge is 0.0103 e. The van der Waals surface area contributed by atoms with E-state index in [-0.39, 0.29) is 0 Å². The minimum Gasteiger partial charge on any atom is -0.0984 e. The van der Waals surface area contributed by atoms with Gasteiger partial charge in [-0.15, -0.1) is 0 Å². The van der Waals surface area contributed by atoms with Gasteiger partial charge in [0.1, 0.15) is 0 Å². The van der Waals surface area contributed by atoms with E-state index in [2.05, 4.69) is 63.4 Å². The van der Waals surface area contributed by atoms with Crippen LogP contribution in [0.4, 0.5) is 0 Å². The number of hydrogen-bond acceptors (Lipinski definition) is 0. The molecule has 0 radical (unpaired) electrons. The van der Waals surface area contributed by atoms with E-state index in [4.69, 9.17) is 0 Å². The summed E-state index contributed by atoms with van der Waals surface area (Å²) in [6.07, 6.45) is 3.83. The highest BCUT2D eigenvalue weighted by Gasteiger charge is 2.09. The monoisotopic (exact) mass is 234 g/mol. The molecule has 0 aliphatic carbocycles. The van der Waals surface area contributed by atoms with E-state index in [1.54, 1.807) is 0 Å². The van der Waals surface area contributed by atoms with Gasteiger partial charge in [-0.3, -0.25) is 0 Å². The largest absolute Gasteiger partial charge is 0.0984 e. The molecular formula is C18H18. The van der Waals surface area contributed by atoms with Crippen molar-refractivity contribution < 1.29 is 0 Å². The Balaban J connectivity index is 2.77. The fraction of sp³-hybridized carbons (Fsp3) is 0.111. The Kier molecular flexibility index (Phi) is 3.47. The van der Waals surface area contributed by atoms with Crippen LogP contribution in [0.3, 0.4) is 0 Å². The van der Waals surface area contributed by atoms with Crippen molar-refractivity contribution in [1.29, 1.82) is 0 Å². The highest BCUT2D eigenvalue weighted by Crippen LogP contribution is 2.31. The van der Waals surface area contributed by atoms with Crippen LogP contribution >= 0.6 is 0 Å². The average molecular weight is 234 g/mol. The van der Waals surface area contributed by atoms with Crippen LogP contribution in [0.25, 0.3) is 23.3 Å². The number of hydrogen-bond donors (Lipinski definition) is 0. The first-order valence-electron chi connectivity index (χ1n) is 6.13. The summed E-state index contributed by atoms with van der Waals surface area (Å²) in [5, 5.41) is 0. The van der Waals surface area contributed by atoms with Gasteiger partial charge < -0.3 is 0 Å². The third-order valence-corrected chi connectivity index (χ3v) is 3.35. The van der Waals surface area contributed by atoms with Crippen LogP contribution < -0.4 is 0 Å². The molecule has 2 rings (SSSR count). The van der Waals surface area contributed by atoms with Gasteiger partial charge >= 0.3 is 0 Å². The molecule has 0 fully saturated rings. The van der Waals surface area contributed by atoms with Crippen molar-refractivity contribution in [3.8, 4) is 11.1 Å². The summed E-state index contributed by atoms with van der Waals surface area (Å²) >= 11 is 0. The zero-order chi connectivity index (χ0) is 13.1. The molecule has 0 amide bonds. The van der Waals surface area contributed by atoms with Gasteiger partial charge in [0.15, 0.2) is 0 Å². The van der Waals surface area contributed by atoms with Crippen LogP contribution in [-0.2, 0) is 0 Å². The number of aryl methyl sites for hydroxylation is 2. The molecule has 0 spiro atoms. The van der Waals surface area contributed by atoms with E-state index < -0.39 is 0 Å². The molecule has 0 heterocycles. The van der Waals surface area contributed by atoms with Crippen molar-refractivity contribution >= 4 is 12.2 Å². The van der Waals surface area contributed by atoms with Crippen molar-refractivity contribution in [2.24, 2.45) is 0 Å². The highest BCUT2D eigenvalue weighted by molar-refractivity contribution is 5.82. The topological polar surface area (TPSA) is 0 Å². The Morgan fingerprint density at radius 3 is 2.00 bits per heavy atom. The number of benzene rings is 2. The molecule has 2 aromatic rings. The van der Waals surface area contributed by atoms with Crippen molar-refractivity contribution in [2.75, 3.05) is 0 Å². The summed E-state index contributed by atoms with van der Waals surface area (Å²) in [6.45, 7) is 12.1. The van der Waals surface area contributed by atoms with E-state index in [0.29, 0.717) is 0 Å². The lowest BCUT2D eigenvalue weighted by molar-refractivity contribution is 1.40. The minimum absolute atomic E-state index is 1.17. The SMILES string of the molecule is C=Cc1c(C)ccc(-c2ccccc2C)c1C=C. The molecule has 0 aromatic heterocycles. The molecular weight excluding hydrogens is 216 g/mol. The van der Waals surface area contributed by atoms with Gasteiger partial charge in [0.2, 0.25) is 0 Å². The minimum atomic E-state index is 1.17. The normalized spacial score (nSPS) is 10.1. The van der Waals surface area contributed by atoms with Crippen molar-refractivity contribution in [3.05, 3.63) is 71.8 Å². The Bertz CT molecular complexity index is 603. The van der Waals surface area contributed by atoms with Crippen LogP contribution in [0.2, 0.25) is 0 Å². The zero-order valence-electron chi connectivity index (χ0n) is 11.0. The lowest BCUT2D eigenvalue weighted by atomic mass is 9.90. The van der Waals surface area contributed by atoms with E-state index in [0.717, 1.165) is 0 Å². The maximum atomic E-state index is 3.95.